The van der Waals surface area contributed by atoms with Gasteiger partial charge in [-0.1, -0.05) is 13.8 Å². The van der Waals surface area contributed by atoms with E-state index < -0.39 is 17.9 Å². The normalized spacial score (nSPS) is 13.8. The highest BCUT2D eigenvalue weighted by atomic mass is 32.2. The van der Waals surface area contributed by atoms with Crippen molar-refractivity contribution < 1.29 is 14.7 Å². The summed E-state index contributed by atoms with van der Waals surface area (Å²) in [6, 6.07) is 6.93. The maximum Gasteiger partial charge on any atom is 0.308 e. The molecule has 0 aliphatic rings. The van der Waals surface area contributed by atoms with Crippen LogP contribution in [0.25, 0.3) is 0 Å². The number of nitrogens with one attached hydrogen (secondary N) is 1. The van der Waals surface area contributed by atoms with Crippen LogP contribution in [0.1, 0.15) is 38.1 Å². The lowest BCUT2D eigenvalue weighted by Gasteiger charge is -2.17. The number of thioether (sulfide) groups is 1. The quantitative estimate of drug-likeness (QED) is 0.792. The Labute approximate surface area is 124 Å². The Kier molecular flexibility index (Phi) is 6.07. The molecule has 2 N–H and O–H groups in total. The van der Waals surface area contributed by atoms with Gasteiger partial charge < -0.3 is 10.4 Å². The van der Waals surface area contributed by atoms with Crippen LogP contribution in [0, 0.1) is 5.92 Å². The van der Waals surface area contributed by atoms with Crippen LogP contribution in [0.2, 0.25) is 0 Å². The first-order valence-electron chi connectivity index (χ1n) is 6.61. The van der Waals surface area contributed by atoms with Gasteiger partial charge in [-0.3, -0.25) is 9.59 Å². The second-order valence-corrected chi connectivity index (χ2v) is 6.73. The van der Waals surface area contributed by atoms with Gasteiger partial charge >= 0.3 is 5.97 Å². The molecule has 5 heteroatoms. The van der Waals surface area contributed by atoms with Gasteiger partial charge in [0, 0.05) is 21.8 Å². The number of carbonyl (C=O) groups is 2. The summed E-state index contributed by atoms with van der Waals surface area (Å²) in [4.78, 5) is 24.0. The highest BCUT2D eigenvalue weighted by Gasteiger charge is 2.21. The predicted molar refractivity (Wildman–Crippen MR) is 81.2 cm³/mol. The molecule has 0 radical (unpaired) electrons. The molecule has 0 aliphatic heterocycles. The Morgan fingerprint density at radius 2 is 1.65 bits per heavy atom. The molecule has 2 unspecified atom stereocenters. The molecule has 20 heavy (non-hydrogen) atoms. The third kappa shape index (κ3) is 4.89. The van der Waals surface area contributed by atoms with Gasteiger partial charge in [-0.15, -0.1) is 11.8 Å². The molecule has 1 rings (SSSR count). The fourth-order valence-corrected chi connectivity index (χ4v) is 2.42. The van der Waals surface area contributed by atoms with Crippen LogP contribution in [0.15, 0.2) is 29.2 Å². The van der Waals surface area contributed by atoms with Crippen LogP contribution in [0.4, 0.5) is 0 Å². The molecule has 0 spiro atoms. The number of carboxylic acid groups (broad SMARTS) is 1. The number of amides is 1. The van der Waals surface area contributed by atoms with Gasteiger partial charge in [0.15, 0.2) is 0 Å². The molecule has 1 amide bonds. The number of benzene rings is 1. The molecule has 0 aromatic heterocycles. The summed E-state index contributed by atoms with van der Waals surface area (Å²) in [7, 11) is 0. The summed E-state index contributed by atoms with van der Waals surface area (Å²) >= 11 is 1.73. The molecule has 2 atom stereocenters. The van der Waals surface area contributed by atoms with Crippen molar-refractivity contribution in [3.8, 4) is 0 Å². The minimum atomic E-state index is -0.915. The fourth-order valence-electron chi connectivity index (χ4n) is 1.59. The summed E-state index contributed by atoms with van der Waals surface area (Å²) in [5.41, 5.74) is 0.544. The lowest BCUT2D eigenvalue weighted by molar-refractivity contribution is -0.141. The van der Waals surface area contributed by atoms with E-state index in [1.165, 1.54) is 0 Å². The van der Waals surface area contributed by atoms with Crippen molar-refractivity contribution in [3.05, 3.63) is 29.8 Å². The van der Waals surface area contributed by atoms with Gasteiger partial charge in [0.25, 0.3) is 5.91 Å². The SMILES string of the molecule is CC(C)Sc1ccc(C(=O)NC(C)C(C)C(=O)O)cc1. The molecular weight excluding hydrogens is 274 g/mol. The second kappa shape index (κ2) is 7.33. The Morgan fingerprint density at radius 1 is 1.10 bits per heavy atom. The molecule has 1 aromatic rings. The van der Waals surface area contributed by atoms with E-state index >= 15 is 0 Å². The first-order valence-corrected chi connectivity index (χ1v) is 7.49. The Morgan fingerprint density at radius 3 is 2.10 bits per heavy atom. The van der Waals surface area contributed by atoms with Gasteiger partial charge in [-0.05, 0) is 38.1 Å². The molecule has 0 saturated heterocycles. The average molecular weight is 295 g/mol. The van der Waals surface area contributed by atoms with Crippen molar-refractivity contribution in [2.75, 3.05) is 0 Å². The van der Waals surface area contributed by atoms with Crippen LogP contribution in [0.3, 0.4) is 0 Å². The molecule has 110 valence electrons. The zero-order valence-electron chi connectivity index (χ0n) is 12.2. The first kappa shape index (κ1) is 16.6. The number of hydrogen-bond acceptors (Lipinski definition) is 3. The number of aliphatic carboxylic acids is 1. The van der Waals surface area contributed by atoms with E-state index in [-0.39, 0.29) is 5.91 Å². The molecule has 0 bridgehead atoms. The number of rotatable bonds is 6. The molecule has 0 saturated carbocycles. The Hall–Kier alpha value is -1.49. The number of carbonyl (C=O) groups excluding carboxylic acids is 1. The lowest BCUT2D eigenvalue weighted by atomic mass is 10.0. The van der Waals surface area contributed by atoms with E-state index in [0.29, 0.717) is 10.8 Å². The van der Waals surface area contributed by atoms with Crippen molar-refractivity contribution in [3.63, 3.8) is 0 Å². The van der Waals surface area contributed by atoms with Crippen LogP contribution in [-0.2, 0) is 4.79 Å². The highest BCUT2D eigenvalue weighted by Crippen LogP contribution is 2.22. The minimum absolute atomic E-state index is 0.244. The molecule has 4 nitrogen and oxygen atoms in total. The molecule has 0 fully saturated rings. The zero-order chi connectivity index (χ0) is 15.3. The van der Waals surface area contributed by atoms with Crippen molar-refractivity contribution in [2.45, 2.75) is 43.9 Å². The van der Waals surface area contributed by atoms with E-state index in [1.54, 1.807) is 37.7 Å². The summed E-state index contributed by atoms with van der Waals surface area (Å²) < 4.78 is 0. The average Bonchev–Trinajstić information content (AvgIpc) is 2.37. The summed E-state index contributed by atoms with van der Waals surface area (Å²) in [5.74, 6) is -1.78. The number of carboxylic acids is 1. The molecule has 1 aromatic carbocycles. The minimum Gasteiger partial charge on any atom is -0.481 e. The molecule has 0 heterocycles. The van der Waals surface area contributed by atoms with Crippen LogP contribution in [0.5, 0.6) is 0 Å². The van der Waals surface area contributed by atoms with Gasteiger partial charge in [0.1, 0.15) is 0 Å². The van der Waals surface area contributed by atoms with E-state index in [1.807, 2.05) is 12.1 Å². The maximum atomic E-state index is 12.0. The van der Waals surface area contributed by atoms with Crippen LogP contribution < -0.4 is 5.32 Å². The largest absolute Gasteiger partial charge is 0.481 e. The van der Waals surface area contributed by atoms with Crippen molar-refractivity contribution in [1.82, 2.24) is 5.32 Å². The second-order valence-electron chi connectivity index (χ2n) is 5.08. The fraction of sp³-hybridized carbons (Fsp3) is 0.467. The smallest absolute Gasteiger partial charge is 0.308 e. The predicted octanol–water partition coefficient (Wildman–Crippen LogP) is 3.03. The maximum absolute atomic E-state index is 12.0. The standard InChI is InChI=1S/C15H21NO3S/c1-9(2)20-13-7-5-12(6-8-13)14(17)16-11(4)10(3)15(18)19/h5-11H,1-4H3,(H,16,17)(H,18,19). The van der Waals surface area contributed by atoms with Gasteiger partial charge in [-0.25, -0.2) is 0 Å². The van der Waals surface area contributed by atoms with Gasteiger partial charge in [0.2, 0.25) is 0 Å². The Bertz CT molecular complexity index is 471. The topological polar surface area (TPSA) is 66.4 Å². The van der Waals surface area contributed by atoms with E-state index in [9.17, 15) is 9.59 Å². The van der Waals surface area contributed by atoms with Crippen LogP contribution >= 0.6 is 11.8 Å². The molecular formula is C15H21NO3S. The monoisotopic (exact) mass is 295 g/mol. The summed E-state index contributed by atoms with van der Waals surface area (Å²) in [5, 5.41) is 12.1. The van der Waals surface area contributed by atoms with E-state index in [4.69, 9.17) is 5.11 Å². The number of hydrogen-bond donors (Lipinski definition) is 2. The van der Waals surface area contributed by atoms with Crippen molar-refractivity contribution >= 4 is 23.6 Å². The highest BCUT2D eigenvalue weighted by molar-refractivity contribution is 7.99. The van der Waals surface area contributed by atoms with Crippen molar-refractivity contribution in [1.29, 1.82) is 0 Å². The molecule has 0 aliphatic carbocycles. The van der Waals surface area contributed by atoms with Crippen molar-refractivity contribution in [2.24, 2.45) is 5.92 Å². The summed E-state index contributed by atoms with van der Waals surface area (Å²) in [6.07, 6.45) is 0. The lowest BCUT2D eigenvalue weighted by Crippen LogP contribution is -2.40. The third-order valence-electron chi connectivity index (χ3n) is 2.99. The van der Waals surface area contributed by atoms with Gasteiger partial charge in [0.05, 0.1) is 5.92 Å². The zero-order valence-corrected chi connectivity index (χ0v) is 13.0. The van der Waals surface area contributed by atoms with Crippen LogP contribution in [-0.4, -0.2) is 28.3 Å². The van der Waals surface area contributed by atoms with E-state index in [2.05, 4.69) is 19.2 Å². The summed E-state index contributed by atoms with van der Waals surface area (Å²) in [6.45, 7) is 7.50. The van der Waals surface area contributed by atoms with E-state index in [0.717, 1.165) is 4.90 Å². The third-order valence-corrected chi connectivity index (χ3v) is 4.00. The first-order chi connectivity index (χ1) is 9.31. The Balaban J connectivity index is 2.66. The van der Waals surface area contributed by atoms with Gasteiger partial charge in [-0.2, -0.15) is 0 Å².